The van der Waals surface area contributed by atoms with Crippen molar-refractivity contribution in [3.05, 3.63) is 0 Å². The van der Waals surface area contributed by atoms with E-state index < -0.39 is 10.2 Å². The van der Waals surface area contributed by atoms with Gasteiger partial charge in [-0.25, -0.2) is 9.86 Å². The van der Waals surface area contributed by atoms with Crippen molar-refractivity contribution in [2.75, 3.05) is 26.2 Å². The monoisotopic (exact) mass is 306 g/mol. The zero-order chi connectivity index (χ0) is 15.2. The fourth-order valence-corrected chi connectivity index (χ4v) is 2.81. The molecule has 0 spiro atoms. The van der Waals surface area contributed by atoms with Crippen molar-refractivity contribution in [2.24, 2.45) is 22.7 Å². The zero-order valence-electron chi connectivity index (χ0n) is 12.0. The van der Waals surface area contributed by atoms with Gasteiger partial charge in [0.25, 0.3) is 10.2 Å². The lowest BCUT2D eigenvalue weighted by molar-refractivity contribution is -0.133. The molecule has 7 nitrogen and oxygen atoms in total. The van der Waals surface area contributed by atoms with Crippen molar-refractivity contribution in [3.8, 4) is 0 Å². The maximum absolute atomic E-state index is 12.1. The predicted octanol–water partition coefficient (Wildman–Crippen LogP) is -0.607. The minimum Gasteiger partial charge on any atom is -0.342 e. The van der Waals surface area contributed by atoms with Crippen LogP contribution in [0, 0.1) is 11.8 Å². The second-order valence-corrected chi connectivity index (χ2v) is 7.00. The van der Waals surface area contributed by atoms with E-state index in [9.17, 15) is 13.2 Å². The normalized spacial score (nSPS) is 21.8. The Labute approximate surface area is 121 Å². The van der Waals surface area contributed by atoms with Crippen LogP contribution in [0.2, 0.25) is 0 Å². The van der Waals surface area contributed by atoms with Gasteiger partial charge in [-0.05, 0) is 37.6 Å². The molecule has 0 aromatic heterocycles. The molecule has 1 saturated heterocycles. The molecule has 1 rings (SSSR count). The molecule has 0 aromatic carbocycles. The SMILES string of the molecule is CC(CN)CCC(=O)N1CCCC(CNS(N)(=O)=O)C1. The number of hydrogen-bond donors (Lipinski definition) is 3. The highest BCUT2D eigenvalue weighted by atomic mass is 32.2. The summed E-state index contributed by atoms with van der Waals surface area (Å²) in [4.78, 5) is 13.9. The predicted molar refractivity (Wildman–Crippen MR) is 77.9 cm³/mol. The maximum Gasteiger partial charge on any atom is 0.274 e. The summed E-state index contributed by atoms with van der Waals surface area (Å²) in [5, 5.41) is 4.91. The van der Waals surface area contributed by atoms with Crippen LogP contribution in [0.15, 0.2) is 0 Å². The fourth-order valence-electron chi connectivity index (χ4n) is 2.34. The van der Waals surface area contributed by atoms with Crippen LogP contribution in [0.25, 0.3) is 0 Å². The van der Waals surface area contributed by atoms with E-state index in [4.69, 9.17) is 10.9 Å². The largest absolute Gasteiger partial charge is 0.342 e. The number of carbonyl (C=O) groups is 1. The molecule has 1 fully saturated rings. The molecular weight excluding hydrogens is 280 g/mol. The van der Waals surface area contributed by atoms with Crippen LogP contribution < -0.4 is 15.6 Å². The van der Waals surface area contributed by atoms with Crippen LogP contribution in [-0.2, 0) is 15.0 Å². The standard InChI is InChI=1S/C12H26N4O3S/c1-10(7-13)4-5-12(17)16-6-2-3-11(9-16)8-15-20(14,18)19/h10-11,15H,2-9,13H2,1H3,(H2,14,18,19). The van der Waals surface area contributed by atoms with E-state index in [1.54, 1.807) is 0 Å². The average molecular weight is 306 g/mol. The number of hydrogen-bond acceptors (Lipinski definition) is 4. The number of piperidine rings is 1. The molecule has 0 saturated carbocycles. The van der Waals surface area contributed by atoms with E-state index in [-0.39, 0.29) is 11.8 Å². The van der Waals surface area contributed by atoms with E-state index in [0.29, 0.717) is 32.0 Å². The molecule has 1 aliphatic heterocycles. The Kier molecular flexibility index (Phi) is 6.87. The molecule has 1 amide bonds. The molecule has 8 heteroatoms. The first-order chi connectivity index (χ1) is 9.31. The molecule has 2 atom stereocenters. The summed E-state index contributed by atoms with van der Waals surface area (Å²) < 4.78 is 24.1. The Morgan fingerprint density at radius 3 is 2.80 bits per heavy atom. The van der Waals surface area contributed by atoms with E-state index in [1.165, 1.54) is 0 Å². The highest BCUT2D eigenvalue weighted by Crippen LogP contribution is 2.17. The van der Waals surface area contributed by atoms with E-state index in [2.05, 4.69) is 4.72 Å². The average Bonchev–Trinajstić information content (AvgIpc) is 2.41. The summed E-state index contributed by atoms with van der Waals surface area (Å²) in [7, 11) is -3.65. The van der Waals surface area contributed by atoms with Crippen LogP contribution in [0.5, 0.6) is 0 Å². The maximum atomic E-state index is 12.1. The first-order valence-electron chi connectivity index (χ1n) is 7.07. The summed E-state index contributed by atoms with van der Waals surface area (Å²) in [6.07, 6.45) is 3.11. The van der Waals surface area contributed by atoms with Crippen LogP contribution in [-0.4, -0.2) is 45.4 Å². The van der Waals surface area contributed by atoms with Crippen LogP contribution in [0.4, 0.5) is 0 Å². The third-order valence-corrected chi connectivity index (χ3v) is 4.27. The van der Waals surface area contributed by atoms with Gasteiger partial charge in [0.15, 0.2) is 0 Å². The molecule has 0 aromatic rings. The molecule has 118 valence electrons. The van der Waals surface area contributed by atoms with Gasteiger partial charge in [-0.3, -0.25) is 4.79 Å². The number of amides is 1. The molecule has 5 N–H and O–H groups in total. The topological polar surface area (TPSA) is 119 Å². The lowest BCUT2D eigenvalue weighted by atomic mass is 9.97. The number of rotatable bonds is 7. The Bertz CT molecular complexity index is 413. The number of nitrogens with two attached hydrogens (primary N) is 2. The Hall–Kier alpha value is -0.700. The van der Waals surface area contributed by atoms with Crippen LogP contribution >= 0.6 is 0 Å². The van der Waals surface area contributed by atoms with Gasteiger partial charge >= 0.3 is 0 Å². The summed E-state index contributed by atoms with van der Waals surface area (Å²) in [5.41, 5.74) is 5.54. The molecular formula is C12H26N4O3S. The van der Waals surface area contributed by atoms with Crippen molar-refractivity contribution in [1.29, 1.82) is 0 Å². The molecule has 0 bridgehead atoms. The van der Waals surface area contributed by atoms with Crippen molar-refractivity contribution in [1.82, 2.24) is 9.62 Å². The number of nitrogens with one attached hydrogen (secondary N) is 1. The summed E-state index contributed by atoms with van der Waals surface area (Å²) in [6, 6.07) is 0. The second kappa shape index (κ2) is 7.92. The second-order valence-electron chi connectivity index (χ2n) is 5.62. The Balaban J connectivity index is 2.38. The van der Waals surface area contributed by atoms with Gasteiger partial charge in [0, 0.05) is 26.1 Å². The smallest absolute Gasteiger partial charge is 0.274 e. The van der Waals surface area contributed by atoms with E-state index in [0.717, 1.165) is 25.8 Å². The van der Waals surface area contributed by atoms with Gasteiger partial charge in [0.2, 0.25) is 5.91 Å². The van der Waals surface area contributed by atoms with Gasteiger partial charge in [0.05, 0.1) is 0 Å². The van der Waals surface area contributed by atoms with Gasteiger partial charge in [-0.15, -0.1) is 0 Å². The minimum atomic E-state index is -3.65. The first-order valence-corrected chi connectivity index (χ1v) is 8.61. The van der Waals surface area contributed by atoms with Gasteiger partial charge in [0.1, 0.15) is 0 Å². The number of nitrogens with zero attached hydrogens (tertiary/aromatic N) is 1. The number of likely N-dealkylation sites (tertiary alicyclic amines) is 1. The summed E-state index contributed by atoms with van der Waals surface area (Å²) in [5.74, 6) is 0.618. The van der Waals surface area contributed by atoms with Crippen molar-refractivity contribution in [2.45, 2.75) is 32.6 Å². The Morgan fingerprint density at radius 1 is 1.50 bits per heavy atom. The van der Waals surface area contributed by atoms with Crippen molar-refractivity contribution < 1.29 is 13.2 Å². The van der Waals surface area contributed by atoms with Crippen molar-refractivity contribution in [3.63, 3.8) is 0 Å². The quantitative estimate of drug-likeness (QED) is 0.581. The number of carbonyl (C=O) groups excluding carboxylic acids is 1. The third-order valence-electron chi connectivity index (χ3n) is 3.70. The van der Waals surface area contributed by atoms with Gasteiger partial charge in [-0.1, -0.05) is 6.92 Å². The first kappa shape index (κ1) is 17.4. The molecule has 2 unspecified atom stereocenters. The lowest BCUT2D eigenvalue weighted by Gasteiger charge is -2.33. The molecule has 0 radical (unpaired) electrons. The summed E-state index contributed by atoms with van der Waals surface area (Å²) >= 11 is 0. The van der Waals surface area contributed by atoms with Crippen molar-refractivity contribution >= 4 is 16.1 Å². The highest BCUT2D eigenvalue weighted by Gasteiger charge is 2.24. The van der Waals surface area contributed by atoms with E-state index in [1.807, 2.05) is 11.8 Å². The van der Waals surface area contributed by atoms with Crippen LogP contribution in [0.3, 0.4) is 0 Å². The van der Waals surface area contributed by atoms with Gasteiger partial charge in [-0.2, -0.15) is 8.42 Å². The fraction of sp³-hybridized carbons (Fsp3) is 0.917. The molecule has 1 heterocycles. The Morgan fingerprint density at radius 2 is 2.20 bits per heavy atom. The zero-order valence-corrected chi connectivity index (χ0v) is 12.9. The lowest BCUT2D eigenvalue weighted by Crippen LogP contribution is -2.44. The minimum absolute atomic E-state index is 0.130. The molecule has 1 aliphatic rings. The summed E-state index contributed by atoms with van der Waals surface area (Å²) in [6.45, 7) is 4.26. The highest BCUT2D eigenvalue weighted by molar-refractivity contribution is 7.87. The molecule has 0 aliphatic carbocycles. The van der Waals surface area contributed by atoms with E-state index >= 15 is 0 Å². The van der Waals surface area contributed by atoms with Gasteiger partial charge < -0.3 is 10.6 Å². The third kappa shape index (κ3) is 6.65. The van der Waals surface area contributed by atoms with Crippen LogP contribution in [0.1, 0.15) is 32.6 Å². The molecule has 20 heavy (non-hydrogen) atoms.